The first-order valence-electron chi connectivity index (χ1n) is 10.1. The number of piperidine rings is 1. The van der Waals surface area contributed by atoms with Gasteiger partial charge in [0.05, 0.1) is 11.4 Å². The fourth-order valence-corrected chi connectivity index (χ4v) is 4.78. The van der Waals surface area contributed by atoms with Crippen LogP contribution in [0.2, 0.25) is 0 Å². The molecule has 2 aromatic heterocycles. The summed E-state index contributed by atoms with van der Waals surface area (Å²) >= 11 is 0. The highest BCUT2D eigenvalue weighted by molar-refractivity contribution is 5.92. The van der Waals surface area contributed by atoms with Gasteiger partial charge in [-0.1, -0.05) is 18.2 Å². The van der Waals surface area contributed by atoms with Crippen LogP contribution < -0.4 is 5.56 Å². The third kappa shape index (κ3) is 2.97. The van der Waals surface area contributed by atoms with Gasteiger partial charge in [-0.15, -0.1) is 0 Å². The van der Waals surface area contributed by atoms with Crippen LogP contribution in [-0.2, 0) is 11.8 Å². The van der Waals surface area contributed by atoms with Gasteiger partial charge in [0.1, 0.15) is 11.5 Å². The first-order chi connectivity index (χ1) is 14.1. The molecule has 1 aliphatic heterocycles. The number of carbonyl (C=O) groups excluding carboxylic acids is 1. The highest BCUT2D eigenvalue weighted by atomic mass is 16.2. The Bertz CT molecular complexity index is 1130. The molecule has 0 bridgehead atoms. The summed E-state index contributed by atoms with van der Waals surface area (Å²) in [4.78, 5) is 36.6. The molecule has 5 rings (SSSR count). The quantitative estimate of drug-likeness (QED) is 0.729. The van der Waals surface area contributed by atoms with E-state index in [1.54, 1.807) is 0 Å². The number of carbonyl (C=O) groups is 1. The molecule has 1 fully saturated rings. The van der Waals surface area contributed by atoms with Crippen molar-refractivity contribution >= 4 is 5.91 Å². The first kappa shape index (κ1) is 17.8. The van der Waals surface area contributed by atoms with Gasteiger partial charge in [-0.3, -0.25) is 14.7 Å². The molecule has 0 radical (unpaired) electrons. The number of aryl methyl sites for hydroxylation is 2. The number of para-hydroxylation sites is 1. The standard InChI is InChI=1S/C22H23N5O2/c1-15-23-13-16-8-10-22(20(16)24-15)9-5-11-26(14-22)21(29)18-12-19(28)27(25-18)17-6-3-2-4-7-17/h2-4,6-7,12-13,25H,5,8-11,14H2,1H3. The molecule has 7 nitrogen and oxygen atoms in total. The zero-order chi connectivity index (χ0) is 20.0. The van der Waals surface area contributed by atoms with Crippen molar-refractivity contribution < 1.29 is 4.79 Å². The third-order valence-electron chi connectivity index (χ3n) is 6.19. The maximum absolute atomic E-state index is 13.2. The number of likely N-dealkylation sites (tertiary alicyclic amines) is 1. The van der Waals surface area contributed by atoms with Gasteiger partial charge in [-0.25, -0.2) is 14.6 Å². The number of aromatic nitrogens is 4. The van der Waals surface area contributed by atoms with Gasteiger partial charge >= 0.3 is 0 Å². The summed E-state index contributed by atoms with van der Waals surface area (Å²) in [6.07, 6.45) is 5.84. The van der Waals surface area contributed by atoms with Gasteiger partial charge in [0.25, 0.3) is 11.5 Å². The average molecular weight is 389 g/mol. The van der Waals surface area contributed by atoms with Crippen molar-refractivity contribution in [1.82, 2.24) is 24.6 Å². The third-order valence-corrected chi connectivity index (χ3v) is 6.19. The van der Waals surface area contributed by atoms with Crippen LogP contribution in [0.5, 0.6) is 0 Å². The second-order valence-electron chi connectivity index (χ2n) is 8.08. The van der Waals surface area contributed by atoms with E-state index in [0.717, 1.165) is 37.2 Å². The van der Waals surface area contributed by atoms with E-state index >= 15 is 0 Å². The summed E-state index contributed by atoms with van der Waals surface area (Å²) < 4.78 is 1.41. The monoisotopic (exact) mass is 389 g/mol. The van der Waals surface area contributed by atoms with Crippen molar-refractivity contribution in [2.75, 3.05) is 13.1 Å². The van der Waals surface area contributed by atoms with Gasteiger partial charge in [0.2, 0.25) is 0 Å². The number of nitrogens with one attached hydrogen (secondary N) is 1. The fraction of sp³-hybridized carbons (Fsp3) is 0.364. The molecule has 1 N–H and O–H groups in total. The second-order valence-corrected chi connectivity index (χ2v) is 8.08. The number of nitrogens with zero attached hydrogens (tertiary/aromatic N) is 4. The van der Waals surface area contributed by atoms with Crippen LogP contribution >= 0.6 is 0 Å². The molecule has 1 unspecified atom stereocenters. The maximum Gasteiger partial charge on any atom is 0.271 e. The Kier molecular flexibility index (Phi) is 4.12. The Morgan fingerprint density at radius 1 is 1.21 bits per heavy atom. The Morgan fingerprint density at radius 3 is 2.86 bits per heavy atom. The lowest BCUT2D eigenvalue weighted by molar-refractivity contribution is 0.0627. The average Bonchev–Trinajstić information content (AvgIpc) is 3.29. The number of aromatic amines is 1. The summed E-state index contributed by atoms with van der Waals surface area (Å²) in [6, 6.07) is 10.7. The number of hydrogen-bond donors (Lipinski definition) is 1. The van der Waals surface area contributed by atoms with Crippen LogP contribution in [0.3, 0.4) is 0 Å². The topological polar surface area (TPSA) is 83.9 Å². The van der Waals surface area contributed by atoms with Crippen molar-refractivity contribution in [2.45, 2.75) is 38.0 Å². The van der Waals surface area contributed by atoms with Crippen LogP contribution in [0.25, 0.3) is 5.69 Å². The molecule has 1 amide bonds. The van der Waals surface area contributed by atoms with E-state index in [2.05, 4.69) is 10.1 Å². The van der Waals surface area contributed by atoms with Crippen molar-refractivity contribution in [1.29, 1.82) is 0 Å². The molecular weight excluding hydrogens is 366 g/mol. The predicted octanol–water partition coefficient (Wildman–Crippen LogP) is 2.38. The fourth-order valence-electron chi connectivity index (χ4n) is 4.78. The highest BCUT2D eigenvalue weighted by Gasteiger charge is 2.44. The molecule has 1 atom stereocenters. The van der Waals surface area contributed by atoms with E-state index in [-0.39, 0.29) is 16.9 Å². The Balaban J connectivity index is 1.44. The highest BCUT2D eigenvalue weighted by Crippen LogP contribution is 2.43. The summed E-state index contributed by atoms with van der Waals surface area (Å²) in [5.74, 6) is 0.646. The van der Waals surface area contributed by atoms with Crippen molar-refractivity contribution in [3.05, 3.63) is 75.7 Å². The van der Waals surface area contributed by atoms with Gasteiger partial charge in [0.15, 0.2) is 0 Å². The SMILES string of the molecule is Cc1ncc2c(n1)C1(CCCN(C(=O)c3cc(=O)n(-c4ccccc4)[nH]3)C1)CC2. The zero-order valence-electron chi connectivity index (χ0n) is 16.4. The van der Waals surface area contributed by atoms with Gasteiger partial charge in [0, 0.05) is 30.8 Å². The largest absolute Gasteiger partial charge is 0.336 e. The Labute approximate surface area is 168 Å². The number of hydrogen-bond acceptors (Lipinski definition) is 4. The summed E-state index contributed by atoms with van der Waals surface area (Å²) in [5, 5.41) is 2.99. The minimum atomic E-state index is -0.235. The van der Waals surface area contributed by atoms with Gasteiger partial charge < -0.3 is 4.90 Å². The van der Waals surface area contributed by atoms with Crippen LogP contribution in [0, 0.1) is 6.92 Å². The molecule has 0 saturated carbocycles. The molecule has 1 saturated heterocycles. The lowest BCUT2D eigenvalue weighted by Gasteiger charge is -2.40. The molecule has 148 valence electrons. The molecule has 3 heterocycles. The molecular formula is C22H23N5O2. The summed E-state index contributed by atoms with van der Waals surface area (Å²) in [7, 11) is 0. The van der Waals surface area contributed by atoms with E-state index in [1.807, 2.05) is 48.4 Å². The van der Waals surface area contributed by atoms with E-state index in [4.69, 9.17) is 4.98 Å². The van der Waals surface area contributed by atoms with Crippen molar-refractivity contribution in [2.24, 2.45) is 0 Å². The van der Waals surface area contributed by atoms with Crippen LogP contribution in [0.15, 0.2) is 47.4 Å². The van der Waals surface area contributed by atoms with E-state index < -0.39 is 0 Å². The second kappa shape index (κ2) is 6.69. The van der Waals surface area contributed by atoms with Gasteiger partial charge in [-0.2, -0.15) is 0 Å². The van der Waals surface area contributed by atoms with Gasteiger partial charge in [-0.05, 0) is 50.3 Å². The zero-order valence-corrected chi connectivity index (χ0v) is 16.4. The van der Waals surface area contributed by atoms with Crippen LogP contribution in [0.1, 0.15) is 46.8 Å². The van der Waals surface area contributed by atoms with E-state index in [1.165, 1.54) is 16.3 Å². The summed E-state index contributed by atoms with van der Waals surface area (Å²) in [5.41, 5.74) is 3.02. The lowest BCUT2D eigenvalue weighted by atomic mass is 9.77. The van der Waals surface area contributed by atoms with E-state index in [0.29, 0.717) is 24.5 Å². The predicted molar refractivity (Wildman–Crippen MR) is 108 cm³/mol. The molecule has 3 aromatic rings. The molecule has 7 heteroatoms. The molecule has 1 aliphatic carbocycles. The number of rotatable bonds is 2. The van der Waals surface area contributed by atoms with Crippen LogP contribution in [-0.4, -0.2) is 43.6 Å². The number of benzene rings is 1. The Morgan fingerprint density at radius 2 is 2.03 bits per heavy atom. The Hall–Kier alpha value is -3.22. The number of amides is 1. The number of fused-ring (bicyclic) bond motifs is 2. The molecule has 2 aliphatic rings. The first-order valence-corrected chi connectivity index (χ1v) is 10.1. The molecule has 1 spiro atoms. The molecule has 29 heavy (non-hydrogen) atoms. The minimum absolute atomic E-state index is 0.0980. The normalized spacial score (nSPS) is 20.8. The van der Waals surface area contributed by atoms with Crippen molar-refractivity contribution in [3.63, 3.8) is 0 Å². The maximum atomic E-state index is 13.2. The minimum Gasteiger partial charge on any atom is -0.336 e. The van der Waals surface area contributed by atoms with E-state index in [9.17, 15) is 9.59 Å². The number of H-pyrrole nitrogens is 1. The van der Waals surface area contributed by atoms with Crippen LogP contribution in [0.4, 0.5) is 0 Å². The summed E-state index contributed by atoms with van der Waals surface area (Å²) in [6.45, 7) is 3.24. The molecule has 1 aromatic carbocycles. The lowest BCUT2D eigenvalue weighted by Crippen LogP contribution is -2.48. The smallest absolute Gasteiger partial charge is 0.271 e. The van der Waals surface area contributed by atoms with Crippen molar-refractivity contribution in [3.8, 4) is 5.69 Å².